The molecule has 1 fully saturated rings. The zero-order chi connectivity index (χ0) is 18.6. The van der Waals surface area contributed by atoms with Crippen LogP contribution in [0.15, 0.2) is 59.6 Å². The molecule has 2 aliphatic rings. The summed E-state index contributed by atoms with van der Waals surface area (Å²) in [6.45, 7) is 3.34. The molecule has 6 heteroatoms. The second kappa shape index (κ2) is 9.41. The molecule has 1 amide bonds. The Morgan fingerprint density at radius 2 is 1.89 bits per heavy atom. The van der Waals surface area contributed by atoms with Gasteiger partial charge < -0.3 is 15.1 Å². The average Bonchev–Trinajstić information content (AvgIpc) is 3.31. The Morgan fingerprint density at radius 3 is 2.68 bits per heavy atom. The Kier molecular flexibility index (Phi) is 6.93. The summed E-state index contributed by atoms with van der Waals surface area (Å²) >= 11 is 0. The standard InChI is InChI=1S/C22H26N4O.HI/c1-23-22(25-13-11-19(16-25)17-7-3-2-4-8-17)24-12-14-26-20-10-6-5-9-18(20)15-21(26)27;/h2-10,19H,11-16H2,1H3,(H,23,24);1H. The Bertz CT molecular complexity index is 839. The van der Waals surface area contributed by atoms with E-state index in [0.717, 1.165) is 36.7 Å². The first kappa shape index (κ1) is 20.6. The van der Waals surface area contributed by atoms with Crippen LogP contribution in [0.2, 0.25) is 0 Å². The van der Waals surface area contributed by atoms with Gasteiger partial charge in [0.05, 0.1) is 6.42 Å². The molecule has 1 atom stereocenters. The van der Waals surface area contributed by atoms with Crippen molar-refractivity contribution >= 4 is 41.5 Å². The maximum atomic E-state index is 12.3. The van der Waals surface area contributed by atoms with E-state index in [1.54, 1.807) is 0 Å². The first-order valence-corrected chi connectivity index (χ1v) is 9.65. The van der Waals surface area contributed by atoms with E-state index in [4.69, 9.17) is 0 Å². The van der Waals surface area contributed by atoms with Crippen LogP contribution in [0.1, 0.15) is 23.5 Å². The van der Waals surface area contributed by atoms with E-state index in [-0.39, 0.29) is 29.9 Å². The van der Waals surface area contributed by atoms with E-state index in [2.05, 4.69) is 45.5 Å². The number of nitrogens with one attached hydrogen (secondary N) is 1. The van der Waals surface area contributed by atoms with Crippen molar-refractivity contribution in [2.45, 2.75) is 18.8 Å². The van der Waals surface area contributed by atoms with Gasteiger partial charge in [0.1, 0.15) is 0 Å². The molecule has 1 unspecified atom stereocenters. The fourth-order valence-corrected chi connectivity index (χ4v) is 4.12. The minimum absolute atomic E-state index is 0. The molecule has 1 saturated heterocycles. The summed E-state index contributed by atoms with van der Waals surface area (Å²) in [4.78, 5) is 20.9. The van der Waals surface area contributed by atoms with Crippen LogP contribution in [0.4, 0.5) is 5.69 Å². The van der Waals surface area contributed by atoms with Gasteiger partial charge in [0.25, 0.3) is 0 Å². The summed E-state index contributed by atoms with van der Waals surface area (Å²) < 4.78 is 0. The fourth-order valence-electron chi connectivity index (χ4n) is 4.12. The molecule has 0 aromatic heterocycles. The third-order valence-corrected chi connectivity index (χ3v) is 5.51. The van der Waals surface area contributed by atoms with Crippen LogP contribution in [0.25, 0.3) is 0 Å². The number of carbonyl (C=O) groups is 1. The largest absolute Gasteiger partial charge is 0.354 e. The lowest BCUT2D eigenvalue weighted by molar-refractivity contribution is -0.117. The van der Waals surface area contributed by atoms with Gasteiger partial charge in [-0.2, -0.15) is 0 Å². The lowest BCUT2D eigenvalue weighted by Crippen LogP contribution is -2.43. The van der Waals surface area contributed by atoms with E-state index >= 15 is 0 Å². The second-order valence-corrected chi connectivity index (χ2v) is 7.17. The van der Waals surface area contributed by atoms with Gasteiger partial charge in [0.15, 0.2) is 5.96 Å². The second-order valence-electron chi connectivity index (χ2n) is 7.17. The molecule has 5 nitrogen and oxygen atoms in total. The van der Waals surface area contributed by atoms with Crippen LogP contribution in [0.3, 0.4) is 0 Å². The highest BCUT2D eigenvalue weighted by Crippen LogP contribution is 2.28. The molecule has 2 heterocycles. The average molecular weight is 490 g/mol. The number of carbonyl (C=O) groups excluding carboxylic acids is 1. The predicted octanol–water partition coefficient (Wildman–Crippen LogP) is 3.26. The number of hydrogen-bond donors (Lipinski definition) is 1. The van der Waals surface area contributed by atoms with Gasteiger partial charge in [-0.05, 0) is 23.6 Å². The summed E-state index contributed by atoms with van der Waals surface area (Å²) in [5.74, 6) is 1.66. The van der Waals surface area contributed by atoms with Crippen molar-refractivity contribution in [1.82, 2.24) is 10.2 Å². The SMILES string of the molecule is CN=C(NCCN1C(=O)Cc2ccccc21)N1CCC(c2ccccc2)C1.I. The van der Waals surface area contributed by atoms with Crippen LogP contribution < -0.4 is 10.2 Å². The topological polar surface area (TPSA) is 47.9 Å². The van der Waals surface area contributed by atoms with Crippen molar-refractivity contribution in [2.75, 3.05) is 38.1 Å². The quantitative estimate of drug-likeness (QED) is 0.407. The molecular formula is C22H27IN4O. The number of anilines is 1. The number of guanidine groups is 1. The predicted molar refractivity (Wildman–Crippen MR) is 125 cm³/mol. The minimum Gasteiger partial charge on any atom is -0.354 e. The highest BCUT2D eigenvalue weighted by molar-refractivity contribution is 14.0. The van der Waals surface area contributed by atoms with Crippen LogP contribution in [0.5, 0.6) is 0 Å². The molecular weight excluding hydrogens is 463 g/mol. The van der Waals surface area contributed by atoms with Crippen LogP contribution in [-0.2, 0) is 11.2 Å². The van der Waals surface area contributed by atoms with E-state index in [9.17, 15) is 4.79 Å². The van der Waals surface area contributed by atoms with E-state index in [1.165, 1.54) is 5.56 Å². The van der Waals surface area contributed by atoms with Gasteiger partial charge in [-0.25, -0.2) is 0 Å². The van der Waals surface area contributed by atoms with Gasteiger partial charge in [-0.15, -0.1) is 24.0 Å². The van der Waals surface area contributed by atoms with Crippen molar-refractivity contribution in [3.05, 3.63) is 65.7 Å². The van der Waals surface area contributed by atoms with Gasteiger partial charge in [0.2, 0.25) is 5.91 Å². The lowest BCUT2D eigenvalue weighted by Gasteiger charge is -2.23. The summed E-state index contributed by atoms with van der Waals surface area (Å²) in [7, 11) is 1.83. The number of para-hydroxylation sites is 1. The minimum atomic E-state index is 0. The molecule has 0 radical (unpaired) electrons. The number of fused-ring (bicyclic) bond motifs is 1. The first-order chi connectivity index (χ1) is 13.3. The van der Waals surface area contributed by atoms with Crippen molar-refractivity contribution < 1.29 is 4.79 Å². The van der Waals surface area contributed by atoms with E-state index in [1.807, 2.05) is 36.2 Å². The Hall–Kier alpha value is -2.09. The third kappa shape index (κ3) is 4.32. The van der Waals surface area contributed by atoms with Crippen molar-refractivity contribution in [2.24, 2.45) is 4.99 Å². The number of benzene rings is 2. The van der Waals surface area contributed by atoms with Crippen LogP contribution >= 0.6 is 24.0 Å². The van der Waals surface area contributed by atoms with Crippen LogP contribution in [0, 0.1) is 0 Å². The Morgan fingerprint density at radius 1 is 1.14 bits per heavy atom. The highest BCUT2D eigenvalue weighted by atomic mass is 127. The zero-order valence-corrected chi connectivity index (χ0v) is 18.5. The monoisotopic (exact) mass is 490 g/mol. The number of halogens is 1. The number of aliphatic imine (C=N–C) groups is 1. The Balaban J connectivity index is 0.00000225. The third-order valence-electron chi connectivity index (χ3n) is 5.51. The molecule has 2 aliphatic heterocycles. The molecule has 0 bridgehead atoms. The maximum Gasteiger partial charge on any atom is 0.231 e. The van der Waals surface area contributed by atoms with Crippen molar-refractivity contribution in [3.63, 3.8) is 0 Å². The smallest absolute Gasteiger partial charge is 0.231 e. The molecule has 4 rings (SSSR count). The van der Waals surface area contributed by atoms with Gasteiger partial charge in [-0.3, -0.25) is 9.79 Å². The zero-order valence-electron chi connectivity index (χ0n) is 16.2. The lowest BCUT2D eigenvalue weighted by atomic mass is 9.99. The molecule has 28 heavy (non-hydrogen) atoms. The molecule has 0 spiro atoms. The number of hydrogen-bond acceptors (Lipinski definition) is 2. The number of nitrogens with zero attached hydrogens (tertiary/aromatic N) is 3. The van der Waals surface area contributed by atoms with E-state index in [0.29, 0.717) is 25.4 Å². The van der Waals surface area contributed by atoms with Gasteiger partial charge >= 0.3 is 0 Å². The number of amides is 1. The number of rotatable bonds is 4. The first-order valence-electron chi connectivity index (χ1n) is 9.65. The molecule has 1 N–H and O–H groups in total. The van der Waals surface area contributed by atoms with Gasteiger partial charge in [0, 0.05) is 44.8 Å². The van der Waals surface area contributed by atoms with Gasteiger partial charge in [-0.1, -0.05) is 48.5 Å². The maximum absolute atomic E-state index is 12.3. The van der Waals surface area contributed by atoms with Crippen LogP contribution in [-0.4, -0.2) is 50.0 Å². The summed E-state index contributed by atoms with van der Waals surface area (Å²) in [5.41, 5.74) is 3.57. The molecule has 2 aromatic rings. The number of likely N-dealkylation sites (tertiary alicyclic amines) is 1. The summed E-state index contributed by atoms with van der Waals surface area (Å²) in [5, 5.41) is 3.44. The van der Waals surface area contributed by atoms with Crippen molar-refractivity contribution in [1.29, 1.82) is 0 Å². The summed E-state index contributed by atoms with van der Waals surface area (Å²) in [6.07, 6.45) is 1.65. The molecule has 2 aromatic carbocycles. The normalized spacial score (nSPS) is 18.8. The summed E-state index contributed by atoms with van der Waals surface area (Å²) in [6, 6.07) is 18.7. The van der Waals surface area contributed by atoms with Crippen molar-refractivity contribution in [3.8, 4) is 0 Å². The molecule has 148 valence electrons. The Labute approximate surface area is 183 Å². The highest BCUT2D eigenvalue weighted by Gasteiger charge is 2.28. The van der Waals surface area contributed by atoms with E-state index < -0.39 is 0 Å². The fraction of sp³-hybridized carbons (Fsp3) is 0.364. The molecule has 0 saturated carbocycles. The molecule has 0 aliphatic carbocycles.